The first-order valence-corrected chi connectivity index (χ1v) is 4.57. The molecule has 1 atom stereocenters. The maximum absolute atomic E-state index is 10.7. The summed E-state index contributed by atoms with van der Waals surface area (Å²) in [5.74, 6) is -0.391. The molecule has 2 N–H and O–H groups in total. The molecule has 0 amide bonds. The van der Waals surface area contributed by atoms with Crippen LogP contribution in [-0.4, -0.2) is 48.3 Å². The summed E-state index contributed by atoms with van der Waals surface area (Å²) in [6, 6.07) is 0. The predicted octanol–water partition coefficient (Wildman–Crippen LogP) is -0.246. The van der Waals surface area contributed by atoms with Gasteiger partial charge < -0.3 is 14.9 Å². The van der Waals surface area contributed by atoms with E-state index in [0.717, 1.165) is 6.42 Å². The van der Waals surface area contributed by atoms with E-state index in [4.69, 9.17) is 9.84 Å². The highest BCUT2D eigenvalue weighted by Crippen LogP contribution is 1.94. The highest BCUT2D eigenvalue weighted by molar-refractivity contribution is 5.79. The molecule has 0 aromatic heterocycles. The predicted molar refractivity (Wildman–Crippen MR) is 52.3 cm³/mol. The van der Waals surface area contributed by atoms with Crippen LogP contribution in [0.15, 0.2) is 4.99 Å². The van der Waals surface area contributed by atoms with E-state index in [-0.39, 0.29) is 19.8 Å². The van der Waals surface area contributed by atoms with Crippen molar-refractivity contribution < 1.29 is 19.7 Å². The third-order valence-corrected chi connectivity index (χ3v) is 1.43. The van der Waals surface area contributed by atoms with Gasteiger partial charge in [0.2, 0.25) is 0 Å². The number of aliphatic hydroxyl groups is 2. The van der Waals surface area contributed by atoms with E-state index < -0.39 is 18.5 Å². The van der Waals surface area contributed by atoms with Gasteiger partial charge in [-0.1, -0.05) is 6.92 Å². The van der Waals surface area contributed by atoms with Crippen molar-refractivity contribution in [3.63, 3.8) is 0 Å². The van der Waals surface area contributed by atoms with E-state index in [1.54, 1.807) is 6.21 Å². The lowest BCUT2D eigenvalue weighted by Gasteiger charge is -2.07. The van der Waals surface area contributed by atoms with Gasteiger partial charge in [0.1, 0.15) is 13.3 Å². The average molecular weight is 203 g/mol. The van der Waals surface area contributed by atoms with Crippen LogP contribution in [0.5, 0.6) is 0 Å². The molecular formula is C9H17NO4. The van der Waals surface area contributed by atoms with E-state index in [9.17, 15) is 9.90 Å². The zero-order chi connectivity index (χ0) is 10.8. The number of carbonyl (C=O) groups excluding carboxylic acids is 1. The molecule has 0 bridgehead atoms. The zero-order valence-electron chi connectivity index (χ0n) is 8.35. The lowest BCUT2D eigenvalue weighted by Crippen LogP contribution is -2.21. The second kappa shape index (κ2) is 8.80. The molecule has 14 heavy (non-hydrogen) atoms. The largest absolute Gasteiger partial charge is 0.390 e. The minimum Gasteiger partial charge on any atom is -0.390 e. The van der Waals surface area contributed by atoms with Crippen molar-refractivity contribution in [2.45, 2.75) is 25.9 Å². The third kappa shape index (κ3) is 7.85. The fourth-order valence-corrected chi connectivity index (χ4v) is 0.810. The van der Waals surface area contributed by atoms with E-state index in [2.05, 4.69) is 4.99 Å². The Morgan fingerprint density at radius 1 is 1.64 bits per heavy atom. The highest BCUT2D eigenvalue weighted by atomic mass is 16.5. The molecule has 0 fully saturated rings. The van der Waals surface area contributed by atoms with Gasteiger partial charge in [0.05, 0.1) is 12.7 Å². The van der Waals surface area contributed by atoms with Crippen molar-refractivity contribution in [3.05, 3.63) is 0 Å². The Hall–Kier alpha value is -0.780. The van der Waals surface area contributed by atoms with Crippen molar-refractivity contribution >= 4 is 12.0 Å². The Morgan fingerprint density at radius 3 is 2.93 bits per heavy atom. The molecule has 0 radical (unpaired) electrons. The van der Waals surface area contributed by atoms with Crippen LogP contribution in [0.3, 0.4) is 0 Å². The summed E-state index contributed by atoms with van der Waals surface area (Å²) < 4.78 is 4.96. The fraction of sp³-hybridized carbons (Fsp3) is 0.778. The second-order valence-corrected chi connectivity index (χ2v) is 2.83. The SMILES string of the molecule is CCC=NCOCC(O)CC(=O)CO. The van der Waals surface area contributed by atoms with Crippen LogP contribution in [0.2, 0.25) is 0 Å². The molecular weight excluding hydrogens is 186 g/mol. The zero-order valence-corrected chi connectivity index (χ0v) is 8.35. The molecule has 1 unspecified atom stereocenters. The number of ether oxygens (including phenoxy) is 1. The van der Waals surface area contributed by atoms with Crippen LogP contribution in [0.25, 0.3) is 0 Å². The van der Waals surface area contributed by atoms with Crippen LogP contribution in [0.4, 0.5) is 0 Å². The number of aliphatic hydroxyl groups excluding tert-OH is 2. The topological polar surface area (TPSA) is 79.1 Å². The smallest absolute Gasteiger partial charge is 0.160 e. The lowest BCUT2D eigenvalue weighted by atomic mass is 10.2. The van der Waals surface area contributed by atoms with Crippen LogP contribution in [-0.2, 0) is 9.53 Å². The first-order chi connectivity index (χ1) is 6.70. The van der Waals surface area contributed by atoms with Gasteiger partial charge in [-0.2, -0.15) is 0 Å². The van der Waals surface area contributed by atoms with E-state index in [0.29, 0.717) is 0 Å². The van der Waals surface area contributed by atoms with Crippen LogP contribution in [0.1, 0.15) is 19.8 Å². The summed E-state index contributed by atoms with van der Waals surface area (Å²) >= 11 is 0. The number of hydrogen-bond acceptors (Lipinski definition) is 5. The van der Waals surface area contributed by atoms with Gasteiger partial charge in [0.25, 0.3) is 0 Å². The van der Waals surface area contributed by atoms with Crippen LogP contribution in [0, 0.1) is 0 Å². The molecule has 0 spiro atoms. The van der Waals surface area contributed by atoms with Crippen LogP contribution >= 0.6 is 0 Å². The summed E-state index contributed by atoms with van der Waals surface area (Å²) in [6.45, 7) is 1.67. The molecule has 0 rings (SSSR count). The molecule has 0 saturated carbocycles. The van der Waals surface area contributed by atoms with Gasteiger partial charge >= 0.3 is 0 Å². The summed E-state index contributed by atoms with van der Waals surface area (Å²) in [5.41, 5.74) is 0. The number of carbonyl (C=O) groups is 1. The maximum atomic E-state index is 10.7. The maximum Gasteiger partial charge on any atom is 0.160 e. The Labute approximate surface area is 83.4 Å². The summed E-state index contributed by atoms with van der Waals surface area (Å²) in [6.07, 6.45) is 1.63. The Morgan fingerprint density at radius 2 is 2.36 bits per heavy atom. The number of aliphatic imine (C=N–C) groups is 1. The number of nitrogens with zero attached hydrogens (tertiary/aromatic N) is 1. The molecule has 0 aromatic rings. The monoisotopic (exact) mass is 203 g/mol. The van der Waals surface area contributed by atoms with Gasteiger partial charge in [0.15, 0.2) is 5.78 Å². The van der Waals surface area contributed by atoms with Crippen molar-refractivity contribution in [2.24, 2.45) is 4.99 Å². The summed E-state index contributed by atoms with van der Waals surface area (Å²) in [5, 5.41) is 17.6. The van der Waals surface area contributed by atoms with E-state index >= 15 is 0 Å². The van der Waals surface area contributed by atoms with E-state index in [1.807, 2.05) is 6.92 Å². The number of rotatable bonds is 8. The summed E-state index contributed by atoms with van der Waals surface area (Å²) in [7, 11) is 0. The summed E-state index contributed by atoms with van der Waals surface area (Å²) in [4.78, 5) is 14.5. The minimum atomic E-state index is -0.855. The van der Waals surface area contributed by atoms with Gasteiger partial charge in [-0.05, 0) is 6.42 Å². The molecule has 0 aliphatic heterocycles. The number of Topliss-reactive ketones (excluding diaryl/α,β-unsaturated/α-hetero) is 1. The molecule has 0 aliphatic carbocycles. The molecule has 5 nitrogen and oxygen atoms in total. The van der Waals surface area contributed by atoms with Crippen molar-refractivity contribution in [1.29, 1.82) is 0 Å². The van der Waals surface area contributed by atoms with Crippen LogP contribution < -0.4 is 0 Å². The molecule has 0 aromatic carbocycles. The molecule has 5 heteroatoms. The van der Waals surface area contributed by atoms with Crippen molar-refractivity contribution in [2.75, 3.05) is 19.9 Å². The first-order valence-electron chi connectivity index (χ1n) is 4.57. The fourth-order valence-electron chi connectivity index (χ4n) is 0.810. The highest BCUT2D eigenvalue weighted by Gasteiger charge is 2.09. The molecule has 0 saturated heterocycles. The lowest BCUT2D eigenvalue weighted by molar-refractivity contribution is -0.124. The Balaban J connectivity index is 3.39. The number of hydrogen-bond donors (Lipinski definition) is 2. The van der Waals surface area contributed by atoms with Gasteiger partial charge in [-0.25, -0.2) is 0 Å². The number of ketones is 1. The Bertz CT molecular complexity index is 182. The van der Waals surface area contributed by atoms with Gasteiger partial charge in [0, 0.05) is 12.6 Å². The third-order valence-electron chi connectivity index (χ3n) is 1.43. The standard InChI is InChI=1S/C9H17NO4/c1-2-3-10-7-14-6-9(13)4-8(12)5-11/h3,9,11,13H,2,4-7H2,1H3. The van der Waals surface area contributed by atoms with E-state index in [1.165, 1.54) is 0 Å². The molecule has 82 valence electrons. The molecule has 0 aliphatic rings. The minimum absolute atomic E-state index is 0.0623. The van der Waals surface area contributed by atoms with Crippen molar-refractivity contribution in [3.8, 4) is 0 Å². The van der Waals surface area contributed by atoms with Crippen molar-refractivity contribution in [1.82, 2.24) is 0 Å². The molecule has 0 heterocycles. The average Bonchev–Trinajstić information content (AvgIpc) is 2.17. The Kier molecular flexibility index (Phi) is 8.31. The quantitative estimate of drug-likeness (QED) is 0.421. The first kappa shape index (κ1) is 13.2. The van der Waals surface area contributed by atoms with Gasteiger partial charge in [-0.3, -0.25) is 9.79 Å². The second-order valence-electron chi connectivity index (χ2n) is 2.83. The normalized spacial score (nSPS) is 13.4. The van der Waals surface area contributed by atoms with Gasteiger partial charge in [-0.15, -0.1) is 0 Å².